The van der Waals surface area contributed by atoms with Crippen molar-refractivity contribution in [1.82, 2.24) is 5.32 Å². The molecule has 0 saturated heterocycles. The smallest absolute Gasteiger partial charge is 0.326 e. The van der Waals surface area contributed by atoms with Crippen LogP contribution >= 0.6 is 0 Å². The Morgan fingerprint density at radius 3 is 2.42 bits per heavy atom. The minimum atomic E-state index is -1.14. The highest BCUT2D eigenvalue weighted by molar-refractivity contribution is 5.97. The molecule has 7 nitrogen and oxygen atoms in total. The molecule has 0 heterocycles. The molecule has 0 bridgehead atoms. The summed E-state index contributed by atoms with van der Waals surface area (Å²) >= 11 is 0. The summed E-state index contributed by atoms with van der Waals surface area (Å²) in [5.41, 5.74) is 0.837. The average molecular weight is 332 g/mol. The number of amides is 2. The van der Waals surface area contributed by atoms with E-state index in [1.807, 2.05) is 0 Å². The van der Waals surface area contributed by atoms with Crippen LogP contribution in [-0.4, -0.2) is 34.7 Å². The average Bonchev–Trinajstić information content (AvgIpc) is 2.52. The van der Waals surface area contributed by atoms with E-state index in [-0.39, 0.29) is 29.6 Å². The van der Waals surface area contributed by atoms with Gasteiger partial charge in [-0.15, -0.1) is 0 Å². The van der Waals surface area contributed by atoms with Gasteiger partial charge in [-0.1, -0.05) is 0 Å². The Labute approximate surface area is 139 Å². The molecule has 3 N–H and O–H groups in total. The molecule has 24 heavy (non-hydrogen) atoms. The minimum absolute atomic E-state index is 0.0337. The van der Waals surface area contributed by atoms with Crippen LogP contribution in [0.15, 0.2) is 24.3 Å². The molecular weight excluding hydrogens is 312 g/mol. The van der Waals surface area contributed by atoms with E-state index in [0.29, 0.717) is 24.9 Å². The summed E-state index contributed by atoms with van der Waals surface area (Å²) in [6, 6.07) is 5.06. The second-order valence-electron chi connectivity index (χ2n) is 5.94. The summed E-state index contributed by atoms with van der Waals surface area (Å²) in [7, 11) is 0. The Morgan fingerprint density at radius 2 is 1.88 bits per heavy atom. The first-order chi connectivity index (χ1) is 11.4. The number of aliphatic carboxylic acids is 1. The lowest BCUT2D eigenvalue weighted by Crippen LogP contribution is -2.47. The SMILES string of the molecule is CC(=O)Nc1ccc(C(=O)N[C@@H](C(=O)O)[C@H]2CCCC(=O)C2)cc1. The lowest BCUT2D eigenvalue weighted by atomic mass is 9.83. The largest absolute Gasteiger partial charge is 0.480 e. The first kappa shape index (κ1) is 17.7. The maximum atomic E-state index is 12.3. The predicted molar refractivity (Wildman–Crippen MR) is 86.6 cm³/mol. The number of nitrogens with one attached hydrogen (secondary N) is 2. The number of carboxylic acids is 1. The Bertz CT molecular complexity index is 653. The number of hydrogen-bond donors (Lipinski definition) is 3. The zero-order chi connectivity index (χ0) is 17.7. The summed E-state index contributed by atoms with van der Waals surface area (Å²) in [6.45, 7) is 1.38. The van der Waals surface area contributed by atoms with E-state index in [1.54, 1.807) is 12.1 Å². The predicted octanol–water partition coefficient (Wildman–Crippen LogP) is 1.59. The van der Waals surface area contributed by atoms with Crippen molar-refractivity contribution in [2.24, 2.45) is 5.92 Å². The Balaban J connectivity index is 2.06. The van der Waals surface area contributed by atoms with Gasteiger partial charge in [0.25, 0.3) is 5.91 Å². The molecule has 1 saturated carbocycles. The third-order valence-electron chi connectivity index (χ3n) is 4.01. The number of hydrogen-bond acceptors (Lipinski definition) is 4. The quantitative estimate of drug-likeness (QED) is 0.758. The van der Waals surface area contributed by atoms with Crippen molar-refractivity contribution >= 4 is 29.3 Å². The molecule has 0 unspecified atom stereocenters. The molecular formula is C17H20N2O5. The normalized spacial score (nSPS) is 18.5. The number of anilines is 1. The number of rotatable bonds is 5. The summed E-state index contributed by atoms with van der Waals surface area (Å²) in [4.78, 5) is 46.3. The van der Waals surface area contributed by atoms with Crippen LogP contribution in [-0.2, 0) is 14.4 Å². The fourth-order valence-electron chi connectivity index (χ4n) is 2.86. The van der Waals surface area contributed by atoms with Gasteiger partial charge in [0.05, 0.1) is 0 Å². The van der Waals surface area contributed by atoms with Crippen molar-refractivity contribution in [3.05, 3.63) is 29.8 Å². The number of benzene rings is 1. The number of ketones is 1. The van der Waals surface area contributed by atoms with Crippen molar-refractivity contribution < 1.29 is 24.3 Å². The van der Waals surface area contributed by atoms with E-state index in [9.17, 15) is 24.3 Å². The maximum Gasteiger partial charge on any atom is 0.326 e. The zero-order valence-electron chi connectivity index (χ0n) is 13.4. The molecule has 2 rings (SSSR count). The van der Waals surface area contributed by atoms with Crippen molar-refractivity contribution in [2.75, 3.05) is 5.32 Å². The van der Waals surface area contributed by atoms with Gasteiger partial charge in [0.1, 0.15) is 11.8 Å². The van der Waals surface area contributed by atoms with Gasteiger partial charge in [0.2, 0.25) is 5.91 Å². The fourth-order valence-corrected chi connectivity index (χ4v) is 2.86. The number of carboxylic acid groups (broad SMARTS) is 1. The van der Waals surface area contributed by atoms with Gasteiger partial charge >= 0.3 is 5.97 Å². The van der Waals surface area contributed by atoms with E-state index >= 15 is 0 Å². The molecule has 128 valence electrons. The zero-order valence-corrected chi connectivity index (χ0v) is 13.4. The van der Waals surface area contributed by atoms with Crippen molar-refractivity contribution in [3.63, 3.8) is 0 Å². The molecule has 0 spiro atoms. The second-order valence-corrected chi connectivity index (χ2v) is 5.94. The summed E-state index contributed by atoms with van der Waals surface area (Å²) in [6.07, 6.45) is 1.90. The van der Waals surface area contributed by atoms with Crippen LogP contribution in [0.5, 0.6) is 0 Å². The van der Waals surface area contributed by atoms with Crippen molar-refractivity contribution in [2.45, 2.75) is 38.6 Å². The molecule has 1 aliphatic rings. The fraction of sp³-hybridized carbons (Fsp3) is 0.412. The van der Waals surface area contributed by atoms with E-state index in [4.69, 9.17) is 0 Å². The first-order valence-electron chi connectivity index (χ1n) is 7.80. The Kier molecular flexibility index (Phi) is 5.68. The third kappa shape index (κ3) is 4.65. The molecule has 1 aromatic carbocycles. The topological polar surface area (TPSA) is 113 Å². The van der Waals surface area contributed by atoms with Crippen LogP contribution in [0.2, 0.25) is 0 Å². The van der Waals surface area contributed by atoms with Gasteiger partial charge in [-0.2, -0.15) is 0 Å². The molecule has 0 radical (unpaired) electrons. The third-order valence-corrected chi connectivity index (χ3v) is 4.01. The molecule has 1 aliphatic carbocycles. The van der Waals surface area contributed by atoms with Crippen LogP contribution in [0, 0.1) is 5.92 Å². The van der Waals surface area contributed by atoms with Gasteiger partial charge in [-0.25, -0.2) is 4.79 Å². The van der Waals surface area contributed by atoms with E-state index < -0.39 is 17.9 Å². The molecule has 0 aromatic heterocycles. The van der Waals surface area contributed by atoms with E-state index in [0.717, 1.165) is 0 Å². The number of carbonyl (C=O) groups is 4. The van der Waals surface area contributed by atoms with Crippen LogP contribution in [0.25, 0.3) is 0 Å². The molecule has 1 aromatic rings. The van der Waals surface area contributed by atoms with Gasteiger partial charge in [-0.3, -0.25) is 14.4 Å². The van der Waals surface area contributed by atoms with Crippen LogP contribution in [0.1, 0.15) is 43.0 Å². The van der Waals surface area contributed by atoms with E-state index in [1.165, 1.54) is 19.1 Å². The van der Waals surface area contributed by atoms with Gasteiger partial charge in [-0.05, 0) is 43.0 Å². The molecule has 0 aliphatic heterocycles. The van der Waals surface area contributed by atoms with Gasteiger partial charge in [0, 0.05) is 31.0 Å². The number of carbonyl (C=O) groups excluding carboxylic acids is 3. The summed E-state index contributed by atoms with van der Waals surface area (Å²) < 4.78 is 0. The highest BCUT2D eigenvalue weighted by Gasteiger charge is 2.33. The molecule has 7 heteroatoms. The molecule has 2 atom stereocenters. The van der Waals surface area contributed by atoms with Crippen LogP contribution in [0.4, 0.5) is 5.69 Å². The first-order valence-corrected chi connectivity index (χ1v) is 7.80. The lowest BCUT2D eigenvalue weighted by Gasteiger charge is -2.27. The Hall–Kier alpha value is -2.70. The lowest BCUT2D eigenvalue weighted by molar-refractivity contribution is -0.141. The van der Waals surface area contributed by atoms with E-state index in [2.05, 4.69) is 10.6 Å². The highest BCUT2D eigenvalue weighted by Crippen LogP contribution is 2.25. The minimum Gasteiger partial charge on any atom is -0.480 e. The molecule has 1 fully saturated rings. The summed E-state index contributed by atoms with van der Waals surface area (Å²) in [5.74, 6) is -2.23. The highest BCUT2D eigenvalue weighted by atomic mass is 16.4. The maximum absolute atomic E-state index is 12.3. The van der Waals surface area contributed by atoms with Crippen molar-refractivity contribution in [3.8, 4) is 0 Å². The summed E-state index contributed by atoms with van der Waals surface area (Å²) in [5, 5.41) is 14.5. The van der Waals surface area contributed by atoms with Crippen LogP contribution in [0.3, 0.4) is 0 Å². The molecule has 2 amide bonds. The monoisotopic (exact) mass is 332 g/mol. The van der Waals surface area contributed by atoms with Gasteiger partial charge < -0.3 is 15.7 Å². The second kappa shape index (κ2) is 7.72. The van der Waals surface area contributed by atoms with Gasteiger partial charge in [0.15, 0.2) is 0 Å². The van der Waals surface area contributed by atoms with Crippen LogP contribution < -0.4 is 10.6 Å². The van der Waals surface area contributed by atoms with Crippen molar-refractivity contribution in [1.29, 1.82) is 0 Å². The standard InChI is InChI=1S/C17H20N2O5/c1-10(20)18-13-7-5-11(6-8-13)16(22)19-15(17(23)24)12-3-2-4-14(21)9-12/h5-8,12,15H,2-4,9H2,1H3,(H,18,20)(H,19,22)(H,23,24)/t12-,15+/m0/s1. The Morgan fingerprint density at radius 1 is 1.21 bits per heavy atom. The number of Topliss-reactive ketones (excluding diaryl/α,β-unsaturated/α-hetero) is 1.